The van der Waals surface area contributed by atoms with Crippen molar-refractivity contribution in [2.45, 2.75) is 51.6 Å². The van der Waals surface area contributed by atoms with Crippen LogP contribution in [0.1, 0.15) is 57.1 Å². The van der Waals surface area contributed by atoms with Crippen molar-refractivity contribution in [2.75, 3.05) is 0 Å². The van der Waals surface area contributed by atoms with Crippen LogP contribution in [0.4, 0.5) is 0 Å². The van der Waals surface area contributed by atoms with Crippen LogP contribution in [0.15, 0.2) is 28.7 Å². The van der Waals surface area contributed by atoms with Crippen LogP contribution < -0.4 is 0 Å². The van der Waals surface area contributed by atoms with Gasteiger partial charge in [-0.3, -0.25) is 0 Å². The van der Waals surface area contributed by atoms with Crippen LogP contribution in [-0.4, -0.2) is 5.11 Å². The molecule has 1 atom stereocenters. The summed E-state index contributed by atoms with van der Waals surface area (Å²) in [5, 5.41) is 10.0. The van der Waals surface area contributed by atoms with Crippen LogP contribution in [0, 0.1) is 0 Å². The van der Waals surface area contributed by atoms with Crippen molar-refractivity contribution in [3.63, 3.8) is 0 Å². The van der Waals surface area contributed by atoms with Crippen molar-refractivity contribution >= 4 is 15.9 Å². The molecular formula is C14H21BrO. The maximum Gasteiger partial charge on any atom is 0.0800 e. The Labute approximate surface area is 107 Å². The van der Waals surface area contributed by atoms with Gasteiger partial charge in [0.05, 0.1) is 6.10 Å². The maximum atomic E-state index is 10.0. The SMILES string of the molecule is CCCCCCC[C@@H](O)c1ccccc1Br. The third-order valence-corrected chi connectivity index (χ3v) is 3.57. The largest absolute Gasteiger partial charge is 0.388 e. The predicted octanol–water partition coefficient (Wildman–Crippen LogP) is 4.84. The summed E-state index contributed by atoms with van der Waals surface area (Å²) in [5.74, 6) is 0. The molecular weight excluding hydrogens is 264 g/mol. The van der Waals surface area contributed by atoms with E-state index in [2.05, 4.69) is 22.9 Å². The Balaban J connectivity index is 2.30. The summed E-state index contributed by atoms with van der Waals surface area (Å²) >= 11 is 3.47. The number of benzene rings is 1. The van der Waals surface area contributed by atoms with Gasteiger partial charge >= 0.3 is 0 Å². The van der Waals surface area contributed by atoms with Crippen molar-refractivity contribution in [2.24, 2.45) is 0 Å². The average Bonchev–Trinajstić information content (AvgIpc) is 2.29. The van der Waals surface area contributed by atoms with Gasteiger partial charge in [-0.1, -0.05) is 73.2 Å². The van der Waals surface area contributed by atoms with E-state index in [1.165, 1.54) is 25.7 Å². The Morgan fingerprint density at radius 1 is 1.12 bits per heavy atom. The van der Waals surface area contributed by atoms with Crippen molar-refractivity contribution < 1.29 is 5.11 Å². The van der Waals surface area contributed by atoms with Crippen molar-refractivity contribution in [3.05, 3.63) is 34.3 Å². The van der Waals surface area contributed by atoms with E-state index >= 15 is 0 Å². The monoisotopic (exact) mass is 284 g/mol. The minimum atomic E-state index is -0.322. The maximum absolute atomic E-state index is 10.0. The zero-order valence-corrected chi connectivity index (χ0v) is 11.5. The summed E-state index contributed by atoms with van der Waals surface area (Å²) in [6, 6.07) is 7.92. The highest BCUT2D eigenvalue weighted by Gasteiger charge is 2.09. The van der Waals surface area contributed by atoms with E-state index < -0.39 is 0 Å². The summed E-state index contributed by atoms with van der Waals surface area (Å²) in [5.41, 5.74) is 1.01. The number of hydrogen-bond acceptors (Lipinski definition) is 1. The number of aliphatic hydroxyl groups excluding tert-OH is 1. The van der Waals surface area contributed by atoms with Gasteiger partial charge in [-0.05, 0) is 18.1 Å². The zero-order chi connectivity index (χ0) is 11.8. The fourth-order valence-corrected chi connectivity index (χ4v) is 2.39. The lowest BCUT2D eigenvalue weighted by Gasteiger charge is -2.12. The highest BCUT2D eigenvalue weighted by Crippen LogP contribution is 2.26. The van der Waals surface area contributed by atoms with Crippen molar-refractivity contribution in [3.8, 4) is 0 Å². The molecule has 2 heteroatoms. The smallest absolute Gasteiger partial charge is 0.0800 e. The lowest BCUT2D eigenvalue weighted by atomic mass is 10.0. The molecule has 0 heterocycles. The fourth-order valence-electron chi connectivity index (χ4n) is 1.84. The molecule has 0 spiro atoms. The molecule has 0 bridgehead atoms. The lowest BCUT2D eigenvalue weighted by molar-refractivity contribution is 0.162. The summed E-state index contributed by atoms with van der Waals surface area (Å²) in [7, 11) is 0. The molecule has 0 saturated heterocycles. The topological polar surface area (TPSA) is 20.2 Å². The molecule has 0 aliphatic rings. The summed E-state index contributed by atoms with van der Waals surface area (Å²) in [4.78, 5) is 0. The third kappa shape index (κ3) is 4.67. The Morgan fingerprint density at radius 2 is 1.81 bits per heavy atom. The van der Waals surface area contributed by atoms with E-state index in [1.54, 1.807) is 0 Å². The van der Waals surface area contributed by atoms with Crippen LogP contribution >= 0.6 is 15.9 Å². The van der Waals surface area contributed by atoms with Gasteiger partial charge < -0.3 is 5.11 Å². The lowest BCUT2D eigenvalue weighted by Crippen LogP contribution is -1.98. The number of unbranched alkanes of at least 4 members (excludes halogenated alkanes) is 4. The molecule has 0 fully saturated rings. The standard InChI is InChI=1S/C14H21BrO/c1-2-3-4-5-6-11-14(16)12-9-7-8-10-13(12)15/h7-10,14,16H,2-6,11H2,1H3/t14-/m1/s1. The second-order valence-corrected chi connectivity index (χ2v) is 5.09. The number of aliphatic hydroxyl groups is 1. The van der Waals surface area contributed by atoms with E-state index in [-0.39, 0.29) is 6.10 Å². The Bertz CT molecular complexity index is 299. The van der Waals surface area contributed by atoms with Crippen molar-refractivity contribution in [1.82, 2.24) is 0 Å². The fraction of sp³-hybridized carbons (Fsp3) is 0.571. The molecule has 1 rings (SSSR count). The van der Waals surface area contributed by atoms with E-state index in [9.17, 15) is 5.11 Å². The van der Waals surface area contributed by atoms with Crippen LogP contribution in [0.2, 0.25) is 0 Å². The van der Waals surface area contributed by atoms with Gasteiger partial charge in [-0.15, -0.1) is 0 Å². The molecule has 1 aromatic rings. The zero-order valence-electron chi connectivity index (χ0n) is 9.95. The molecule has 0 aliphatic heterocycles. The van der Waals surface area contributed by atoms with Crippen LogP contribution in [0.5, 0.6) is 0 Å². The molecule has 0 radical (unpaired) electrons. The summed E-state index contributed by atoms with van der Waals surface area (Å²) in [6.07, 6.45) is 6.76. The predicted molar refractivity (Wildman–Crippen MR) is 72.5 cm³/mol. The molecule has 1 nitrogen and oxygen atoms in total. The first-order valence-corrected chi connectivity index (χ1v) is 6.97. The highest BCUT2D eigenvalue weighted by atomic mass is 79.9. The molecule has 0 saturated carbocycles. The molecule has 0 aromatic heterocycles. The van der Waals surface area contributed by atoms with Gasteiger partial charge in [0.15, 0.2) is 0 Å². The van der Waals surface area contributed by atoms with E-state index in [0.29, 0.717) is 0 Å². The van der Waals surface area contributed by atoms with Crippen LogP contribution in [0.3, 0.4) is 0 Å². The first-order chi connectivity index (χ1) is 7.75. The molecule has 0 aliphatic carbocycles. The Morgan fingerprint density at radius 3 is 2.50 bits per heavy atom. The van der Waals surface area contributed by atoms with E-state index in [1.807, 2.05) is 24.3 Å². The molecule has 0 unspecified atom stereocenters. The van der Waals surface area contributed by atoms with Crippen LogP contribution in [0.25, 0.3) is 0 Å². The number of hydrogen-bond donors (Lipinski definition) is 1. The Hall–Kier alpha value is -0.340. The molecule has 16 heavy (non-hydrogen) atoms. The first kappa shape index (κ1) is 13.7. The quantitative estimate of drug-likeness (QED) is 0.710. The second-order valence-electron chi connectivity index (χ2n) is 4.24. The number of rotatable bonds is 7. The van der Waals surface area contributed by atoms with Gasteiger partial charge in [0.25, 0.3) is 0 Å². The molecule has 90 valence electrons. The molecule has 1 N–H and O–H groups in total. The molecule has 0 amide bonds. The average molecular weight is 285 g/mol. The van der Waals surface area contributed by atoms with Gasteiger partial charge in [-0.2, -0.15) is 0 Å². The highest BCUT2D eigenvalue weighted by molar-refractivity contribution is 9.10. The minimum absolute atomic E-state index is 0.322. The Kier molecular flexibility index (Phi) is 6.74. The summed E-state index contributed by atoms with van der Waals surface area (Å²) in [6.45, 7) is 2.22. The van der Waals surface area contributed by atoms with Gasteiger partial charge in [0, 0.05) is 4.47 Å². The van der Waals surface area contributed by atoms with Gasteiger partial charge in [0.2, 0.25) is 0 Å². The van der Waals surface area contributed by atoms with Gasteiger partial charge in [0.1, 0.15) is 0 Å². The molecule has 1 aromatic carbocycles. The minimum Gasteiger partial charge on any atom is -0.388 e. The van der Waals surface area contributed by atoms with E-state index in [0.717, 1.165) is 22.9 Å². The second kappa shape index (κ2) is 7.86. The van der Waals surface area contributed by atoms with Crippen LogP contribution in [-0.2, 0) is 0 Å². The first-order valence-electron chi connectivity index (χ1n) is 6.18. The summed E-state index contributed by atoms with van der Waals surface area (Å²) < 4.78 is 1.01. The van der Waals surface area contributed by atoms with Gasteiger partial charge in [-0.25, -0.2) is 0 Å². The third-order valence-electron chi connectivity index (χ3n) is 2.85. The number of halogens is 1. The van der Waals surface area contributed by atoms with E-state index in [4.69, 9.17) is 0 Å². The van der Waals surface area contributed by atoms with Crippen molar-refractivity contribution in [1.29, 1.82) is 0 Å². The normalized spacial score (nSPS) is 12.7.